The van der Waals surface area contributed by atoms with Gasteiger partial charge in [-0.1, -0.05) is 12.1 Å². The minimum Gasteiger partial charge on any atom is -0.452 e. The molecule has 8 heteroatoms. The maximum atomic E-state index is 13.0. The molecule has 1 aliphatic heterocycles. The summed E-state index contributed by atoms with van der Waals surface area (Å²) in [5, 5.41) is 2.56. The zero-order chi connectivity index (χ0) is 17.0. The molecule has 0 radical (unpaired) electrons. The molecule has 23 heavy (non-hydrogen) atoms. The van der Waals surface area contributed by atoms with Crippen LogP contribution in [0.5, 0.6) is 0 Å². The van der Waals surface area contributed by atoms with Crippen molar-refractivity contribution >= 4 is 21.7 Å². The van der Waals surface area contributed by atoms with Crippen molar-refractivity contribution in [1.82, 2.24) is 5.32 Å². The van der Waals surface area contributed by atoms with Gasteiger partial charge < -0.3 is 10.1 Å². The molecule has 2 atom stereocenters. The predicted octanol–water partition coefficient (Wildman–Crippen LogP) is 0.603. The molecule has 6 nitrogen and oxygen atoms in total. The molecule has 1 heterocycles. The van der Waals surface area contributed by atoms with Crippen molar-refractivity contribution in [2.45, 2.75) is 31.9 Å². The van der Waals surface area contributed by atoms with Crippen molar-refractivity contribution in [2.75, 3.05) is 11.5 Å². The van der Waals surface area contributed by atoms with Gasteiger partial charge in [0.2, 0.25) is 0 Å². The van der Waals surface area contributed by atoms with Crippen LogP contribution in [0, 0.1) is 5.82 Å². The largest absolute Gasteiger partial charge is 0.452 e. The number of hydrogen-bond donors (Lipinski definition) is 1. The number of nitrogens with one attached hydrogen (secondary N) is 1. The SMILES string of the molecule is C[C@H](OC(=O)Cc1cccc(F)c1)C(=O)N[C@@H]1CCS(=O)(=O)C1. The number of carbonyl (C=O) groups excluding carboxylic acids is 2. The van der Waals surface area contributed by atoms with Gasteiger partial charge in [0.15, 0.2) is 15.9 Å². The average molecular weight is 343 g/mol. The standard InChI is InChI=1S/C15H18FNO5S/c1-10(15(19)17-13-5-6-23(20,21)9-13)22-14(18)8-11-3-2-4-12(16)7-11/h2-4,7,10,13H,5-6,8-9H2,1H3,(H,17,19)/t10-,13+/m0/s1. The molecular formula is C15H18FNO5S. The molecule has 1 saturated heterocycles. The summed E-state index contributed by atoms with van der Waals surface area (Å²) in [6.07, 6.45) is -0.829. The molecule has 126 valence electrons. The highest BCUT2D eigenvalue weighted by molar-refractivity contribution is 7.91. The summed E-state index contributed by atoms with van der Waals surface area (Å²) in [7, 11) is -3.09. The van der Waals surface area contributed by atoms with Gasteiger partial charge in [-0.25, -0.2) is 12.8 Å². The van der Waals surface area contributed by atoms with E-state index >= 15 is 0 Å². The third kappa shape index (κ3) is 5.31. The fourth-order valence-corrected chi connectivity index (χ4v) is 4.01. The topological polar surface area (TPSA) is 89.5 Å². The molecule has 0 unspecified atom stereocenters. The van der Waals surface area contributed by atoms with Crippen LogP contribution in [0.3, 0.4) is 0 Å². The maximum absolute atomic E-state index is 13.0. The monoisotopic (exact) mass is 343 g/mol. The van der Waals surface area contributed by atoms with Gasteiger partial charge in [0, 0.05) is 6.04 Å². The number of amides is 1. The van der Waals surface area contributed by atoms with E-state index < -0.39 is 39.7 Å². The highest BCUT2D eigenvalue weighted by Gasteiger charge is 2.30. The minimum absolute atomic E-state index is 0.0473. The first kappa shape index (κ1) is 17.4. The Kier molecular flexibility index (Phi) is 5.35. The zero-order valence-electron chi connectivity index (χ0n) is 12.6. The molecule has 1 N–H and O–H groups in total. The average Bonchev–Trinajstić information content (AvgIpc) is 2.77. The number of carbonyl (C=O) groups is 2. The Bertz CT molecular complexity index is 704. The lowest BCUT2D eigenvalue weighted by Gasteiger charge is -2.16. The highest BCUT2D eigenvalue weighted by atomic mass is 32.2. The summed E-state index contributed by atoms with van der Waals surface area (Å²) in [5.74, 6) is -1.70. The smallest absolute Gasteiger partial charge is 0.311 e. The zero-order valence-corrected chi connectivity index (χ0v) is 13.4. The van der Waals surface area contributed by atoms with Crippen LogP contribution in [-0.2, 0) is 30.6 Å². The van der Waals surface area contributed by atoms with E-state index in [1.165, 1.54) is 25.1 Å². The number of ether oxygens (including phenoxy) is 1. The summed E-state index contributed by atoms with van der Waals surface area (Å²) >= 11 is 0. The van der Waals surface area contributed by atoms with Crippen molar-refractivity contribution in [1.29, 1.82) is 0 Å². The molecule has 2 rings (SSSR count). The molecule has 0 aliphatic carbocycles. The van der Waals surface area contributed by atoms with Crippen molar-refractivity contribution in [3.05, 3.63) is 35.6 Å². The highest BCUT2D eigenvalue weighted by Crippen LogP contribution is 2.12. The predicted molar refractivity (Wildman–Crippen MR) is 80.9 cm³/mol. The van der Waals surface area contributed by atoms with Gasteiger partial charge in [-0.3, -0.25) is 9.59 Å². The van der Waals surface area contributed by atoms with Gasteiger partial charge in [-0.15, -0.1) is 0 Å². The second-order valence-electron chi connectivity index (χ2n) is 5.55. The molecule has 1 aromatic rings. The Morgan fingerprint density at radius 3 is 2.78 bits per heavy atom. The normalized spacial score (nSPS) is 20.7. The van der Waals surface area contributed by atoms with Gasteiger partial charge in [0.25, 0.3) is 5.91 Å². The van der Waals surface area contributed by atoms with Crippen LogP contribution in [0.2, 0.25) is 0 Å². The van der Waals surface area contributed by atoms with Gasteiger partial charge in [0.05, 0.1) is 17.9 Å². The molecule has 0 saturated carbocycles. The molecule has 0 spiro atoms. The third-order valence-corrected chi connectivity index (χ3v) is 5.26. The van der Waals surface area contributed by atoms with Crippen LogP contribution in [0.1, 0.15) is 18.9 Å². The first-order valence-electron chi connectivity index (χ1n) is 7.20. The van der Waals surface area contributed by atoms with E-state index in [0.29, 0.717) is 12.0 Å². The van der Waals surface area contributed by atoms with E-state index in [9.17, 15) is 22.4 Å². The van der Waals surface area contributed by atoms with E-state index in [0.717, 1.165) is 0 Å². The van der Waals surface area contributed by atoms with Gasteiger partial charge in [-0.05, 0) is 31.0 Å². The van der Waals surface area contributed by atoms with E-state index in [-0.39, 0.29) is 17.9 Å². The van der Waals surface area contributed by atoms with Gasteiger partial charge in [0.1, 0.15) is 5.82 Å². The fraction of sp³-hybridized carbons (Fsp3) is 0.467. The van der Waals surface area contributed by atoms with Crippen LogP contribution in [0.15, 0.2) is 24.3 Å². The van der Waals surface area contributed by atoms with Crippen LogP contribution in [-0.4, -0.2) is 43.9 Å². The van der Waals surface area contributed by atoms with E-state index in [4.69, 9.17) is 4.74 Å². The van der Waals surface area contributed by atoms with Gasteiger partial charge >= 0.3 is 5.97 Å². The Labute approximate surface area is 133 Å². The van der Waals surface area contributed by atoms with Crippen molar-refractivity contribution in [3.63, 3.8) is 0 Å². The van der Waals surface area contributed by atoms with E-state index in [2.05, 4.69) is 5.32 Å². The molecule has 1 aromatic carbocycles. The summed E-state index contributed by atoms with van der Waals surface area (Å²) in [6, 6.07) is 5.10. The number of benzene rings is 1. The fourth-order valence-electron chi connectivity index (χ4n) is 2.33. The number of halogens is 1. The Hall–Kier alpha value is -1.96. The Morgan fingerprint density at radius 1 is 1.43 bits per heavy atom. The number of esters is 1. The number of rotatable bonds is 5. The van der Waals surface area contributed by atoms with Crippen LogP contribution >= 0.6 is 0 Å². The second-order valence-corrected chi connectivity index (χ2v) is 7.78. The summed E-state index contributed by atoms with van der Waals surface area (Å²) in [4.78, 5) is 23.7. The summed E-state index contributed by atoms with van der Waals surface area (Å²) in [6.45, 7) is 1.41. The lowest BCUT2D eigenvalue weighted by Crippen LogP contribution is -2.42. The molecule has 0 bridgehead atoms. The van der Waals surface area contributed by atoms with Crippen molar-refractivity contribution < 1.29 is 27.1 Å². The Morgan fingerprint density at radius 2 is 2.17 bits per heavy atom. The van der Waals surface area contributed by atoms with Crippen molar-refractivity contribution in [3.8, 4) is 0 Å². The lowest BCUT2D eigenvalue weighted by atomic mass is 10.1. The maximum Gasteiger partial charge on any atom is 0.311 e. The number of hydrogen-bond acceptors (Lipinski definition) is 5. The first-order valence-corrected chi connectivity index (χ1v) is 9.02. The van der Waals surface area contributed by atoms with Crippen molar-refractivity contribution in [2.24, 2.45) is 0 Å². The van der Waals surface area contributed by atoms with Gasteiger partial charge in [-0.2, -0.15) is 0 Å². The lowest BCUT2D eigenvalue weighted by molar-refractivity contribution is -0.154. The molecule has 1 aliphatic rings. The molecule has 0 aromatic heterocycles. The Balaban J connectivity index is 1.82. The third-order valence-electron chi connectivity index (χ3n) is 3.49. The molecule has 1 amide bonds. The van der Waals surface area contributed by atoms with Crippen LogP contribution < -0.4 is 5.32 Å². The van der Waals surface area contributed by atoms with Crippen LogP contribution in [0.4, 0.5) is 4.39 Å². The number of sulfone groups is 1. The molecular weight excluding hydrogens is 325 g/mol. The first-order chi connectivity index (χ1) is 10.7. The summed E-state index contributed by atoms with van der Waals surface area (Å²) in [5.41, 5.74) is 0.449. The second kappa shape index (κ2) is 7.08. The quantitative estimate of drug-likeness (QED) is 0.791. The molecule has 1 fully saturated rings. The van der Waals surface area contributed by atoms with Crippen LogP contribution in [0.25, 0.3) is 0 Å². The minimum atomic E-state index is -3.09. The summed E-state index contributed by atoms with van der Waals surface area (Å²) < 4.78 is 40.7. The van der Waals surface area contributed by atoms with E-state index in [1.54, 1.807) is 6.07 Å². The van der Waals surface area contributed by atoms with E-state index in [1.807, 2.05) is 0 Å².